The van der Waals surface area contributed by atoms with Gasteiger partial charge in [-0.15, -0.1) is 10.2 Å². The Morgan fingerprint density at radius 1 is 1.41 bits per heavy atom. The lowest BCUT2D eigenvalue weighted by molar-refractivity contribution is -0.137. The van der Waals surface area contributed by atoms with E-state index < -0.39 is 0 Å². The molecule has 1 unspecified atom stereocenters. The molecule has 1 amide bonds. The number of aromatic nitrogens is 3. The summed E-state index contributed by atoms with van der Waals surface area (Å²) in [6.45, 7) is 5.33. The van der Waals surface area contributed by atoms with Crippen LogP contribution in [0.5, 0.6) is 0 Å². The minimum atomic E-state index is -0.312. The summed E-state index contributed by atoms with van der Waals surface area (Å²) in [6, 6.07) is 5.57. The minimum absolute atomic E-state index is 0.0958. The van der Waals surface area contributed by atoms with Gasteiger partial charge >= 0.3 is 0 Å². The van der Waals surface area contributed by atoms with Gasteiger partial charge in [-0.25, -0.2) is 0 Å². The van der Waals surface area contributed by atoms with Crippen LogP contribution in [0.3, 0.4) is 0 Å². The Labute approximate surface area is 129 Å². The topological polar surface area (TPSA) is 68.5 Å². The van der Waals surface area contributed by atoms with Crippen LogP contribution >= 0.6 is 0 Å². The third-order valence-electron chi connectivity index (χ3n) is 4.68. The molecule has 2 aromatic rings. The first-order valence-electron chi connectivity index (χ1n) is 7.85. The van der Waals surface area contributed by atoms with E-state index in [4.69, 9.17) is 4.74 Å². The van der Waals surface area contributed by atoms with Crippen molar-refractivity contribution >= 4 is 11.6 Å². The Morgan fingerprint density at radius 3 is 2.91 bits per heavy atom. The summed E-state index contributed by atoms with van der Waals surface area (Å²) in [4.78, 5) is 12.8. The van der Waals surface area contributed by atoms with Gasteiger partial charge in [0.05, 0.1) is 11.5 Å². The van der Waals surface area contributed by atoms with Crippen LogP contribution in [0.4, 0.5) is 0 Å². The number of amides is 1. The van der Waals surface area contributed by atoms with Crippen molar-refractivity contribution in [1.29, 1.82) is 0 Å². The van der Waals surface area contributed by atoms with E-state index >= 15 is 0 Å². The summed E-state index contributed by atoms with van der Waals surface area (Å²) < 4.78 is 7.32. The predicted molar refractivity (Wildman–Crippen MR) is 82.3 cm³/mol. The van der Waals surface area contributed by atoms with Crippen molar-refractivity contribution in [2.24, 2.45) is 5.41 Å². The first-order chi connectivity index (χ1) is 10.7. The number of hydrogen-bond donors (Lipinski definition) is 1. The lowest BCUT2D eigenvalue weighted by atomic mass is 9.77. The van der Waals surface area contributed by atoms with Gasteiger partial charge in [-0.3, -0.25) is 9.20 Å². The highest BCUT2D eigenvalue weighted by Gasteiger charge is 2.39. The van der Waals surface area contributed by atoms with Crippen molar-refractivity contribution in [3.63, 3.8) is 0 Å². The zero-order valence-corrected chi connectivity index (χ0v) is 13.1. The Kier molecular flexibility index (Phi) is 4.11. The van der Waals surface area contributed by atoms with E-state index in [1.165, 1.54) is 0 Å². The van der Waals surface area contributed by atoms with Crippen molar-refractivity contribution in [1.82, 2.24) is 19.9 Å². The second-order valence-corrected chi connectivity index (χ2v) is 5.93. The average molecular weight is 302 g/mol. The molecule has 3 rings (SSSR count). The van der Waals surface area contributed by atoms with Gasteiger partial charge in [0.1, 0.15) is 0 Å². The Bertz CT molecular complexity index is 661. The Balaban J connectivity index is 1.78. The smallest absolute Gasteiger partial charge is 0.226 e. The molecule has 2 aromatic heterocycles. The zero-order chi connectivity index (χ0) is 15.6. The number of nitrogens with one attached hydrogen (secondary N) is 1. The normalized spacial score (nSPS) is 19.0. The maximum atomic E-state index is 12.8. The number of hydrogen-bond acceptors (Lipinski definition) is 4. The summed E-state index contributed by atoms with van der Waals surface area (Å²) in [5.74, 6) is 0.848. The van der Waals surface area contributed by atoms with Gasteiger partial charge in [-0.1, -0.05) is 13.0 Å². The first kappa shape index (κ1) is 15.0. The molecule has 118 valence electrons. The van der Waals surface area contributed by atoms with Crippen LogP contribution in [0.15, 0.2) is 24.4 Å². The largest absolute Gasteiger partial charge is 0.381 e. The standard InChI is InChI=1S/C16H22N4O2/c1-3-16(7-10-22-11-8-16)15(21)17-12(2)14-19-18-13-6-4-5-9-20(13)14/h4-6,9,12H,3,7-8,10-11H2,1-2H3,(H,17,21). The highest BCUT2D eigenvalue weighted by atomic mass is 16.5. The second-order valence-electron chi connectivity index (χ2n) is 5.93. The number of fused-ring (bicyclic) bond motifs is 1. The third kappa shape index (κ3) is 2.59. The number of carbonyl (C=O) groups is 1. The van der Waals surface area contributed by atoms with Crippen molar-refractivity contribution in [2.45, 2.75) is 39.2 Å². The fourth-order valence-corrected chi connectivity index (χ4v) is 3.07. The molecule has 0 aromatic carbocycles. The quantitative estimate of drug-likeness (QED) is 0.939. The molecule has 0 spiro atoms. The maximum absolute atomic E-state index is 12.8. The molecule has 0 radical (unpaired) electrons. The van der Waals surface area contributed by atoms with Gasteiger partial charge < -0.3 is 10.1 Å². The average Bonchev–Trinajstić information content (AvgIpc) is 2.99. The molecule has 0 aliphatic carbocycles. The lowest BCUT2D eigenvalue weighted by Crippen LogP contribution is -2.45. The van der Waals surface area contributed by atoms with Gasteiger partial charge in [-0.05, 0) is 38.3 Å². The number of nitrogens with zero attached hydrogens (tertiary/aromatic N) is 3. The summed E-state index contributed by atoms with van der Waals surface area (Å²) in [5.41, 5.74) is 0.474. The number of ether oxygens (including phenoxy) is 1. The maximum Gasteiger partial charge on any atom is 0.226 e. The van der Waals surface area contributed by atoms with Gasteiger partial charge in [0, 0.05) is 19.4 Å². The molecule has 1 N–H and O–H groups in total. The van der Waals surface area contributed by atoms with Crippen molar-refractivity contribution in [3.05, 3.63) is 30.2 Å². The molecule has 0 saturated carbocycles. The predicted octanol–water partition coefficient (Wildman–Crippen LogP) is 2.11. The summed E-state index contributed by atoms with van der Waals surface area (Å²) in [6.07, 6.45) is 4.30. The van der Waals surface area contributed by atoms with Crippen LogP contribution in [-0.2, 0) is 9.53 Å². The van der Waals surface area contributed by atoms with E-state index in [0.29, 0.717) is 13.2 Å². The highest BCUT2D eigenvalue weighted by molar-refractivity contribution is 5.83. The molecular formula is C16H22N4O2. The molecule has 3 heterocycles. The summed E-state index contributed by atoms with van der Waals surface area (Å²) in [7, 11) is 0. The molecule has 22 heavy (non-hydrogen) atoms. The van der Waals surface area contributed by atoms with E-state index in [1.807, 2.05) is 35.7 Å². The molecule has 6 heteroatoms. The van der Waals surface area contributed by atoms with Crippen LogP contribution in [0, 0.1) is 5.41 Å². The van der Waals surface area contributed by atoms with Gasteiger partial charge in [0.2, 0.25) is 5.91 Å². The molecular weight excluding hydrogens is 280 g/mol. The van der Waals surface area contributed by atoms with E-state index in [-0.39, 0.29) is 17.4 Å². The minimum Gasteiger partial charge on any atom is -0.381 e. The number of rotatable bonds is 4. The SMILES string of the molecule is CCC1(C(=O)NC(C)c2nnc3ccccn23)CCOCC1. The van der Waals surface area contributed by atoms with Crippen molar-refractivity contribution in [3.8, 4) is 0 Å². The zero-order valence-electron chi connectivity index (χ0n) is 13.1. The fourth-order valence-electron chi connectivity index (χ4n) is 3.07. The van der Waals surface area contributed by atoms with Gasteiger partial charge in [0.15, 0.2) is 11.5 Å². The summed E-state index contributed by atoms with van der Waals surface area (Å²) >= 11 is 0. The van der Waals surface area contributed by atoms with Gasteiger partial charge in [0.25, 0.3) is 0 Å². The van der Waals surface area contributed by atoms with E-state index in [1.54, 1.807) is 0 Å². The first-order valence-corrected chi connectivity index (χ1v) is 7.85. The number of carbonyl (C=O) groups excluding carboxylic acids is 1. The molecule has 6 nitrogen and oxygen atoms in total. The van der Waals surface area contributed by atoms with Crippen molar-refractivity contribution < 1.29 is 9.53 Å². The monoisotopic (exact) mass is 302 g/mol. The molecule has 1 saturated heterocycles. The van der Waals surface area contributed by atoms with Gasteiger partial charge in [-0.2, -0.15) is 0 Å². The molecule has 1 aliphatic heterocycles. The summed E-state index contributed by atoms with van der Waals surface area (Å²) in [5, 5.41) is 11.5. The van der Waals surface area contributed by atoms with Crippen LogP contribution < -0.4 is 5.32 Å². The molecule has 1 aliphatic rings. The number of pyridine rings is 1. The Morgan fingerprint density at radius 2 is 2.18 bits per heavy atom. The third-order valence-corrected chi connectivity index (χ3v) is 4.68. The van der Waals surface area contributed by atoms with Crippen LogP contribution in [0.2, 0.25) is 0 Å². The molecule has 1 atom stereocenters. The lowest BCUT2D eigenvalue weighted by Gasteiger charge is -2.35. The molecule has 0 bridgehead atoms. The van der Waals surface area contributed by atoms with Crippen LogP contribution in [-0.4, -0.2) is 33.7 Å². The second kappa shape index (κ2) is 6.04. The van der Waals surface area contributed by atoms with Crippen LogP contribution in [0.1, 0.15) is 45.0 Å². The fraction of sp³-hybridized carbons (Fsp3) is 0.562. The molecule has 1 fully saturated rings. The highest BCUT2D eigenvalue weighted by Crippen LogP contribution is 2.34. The van der Waals surface area contributed by atoms with Crippen molar-refractivity contribution in [2.75, 3.05) is 13.2 Å². The van der Waals surface area contributed by atoms with E-state index in [9.17, 15) is 4.79 Å². The van der Waals surface area contributed by atoms with Crippen LogP contribution in [0.25, 0.3) is 5.65 Å². The Hall–Kier alpha value is -1.95. The van der Waals surface area contributed by atoms with E-state index in [2.05, 4.69) is 22.4 Å². The van der Waals surface area contributed by atoms with E-state index in [0.717, 1.165) is 30.7 Å².